The summed E-state index contributed by atoms with van der Waals surface area (Å²) in [5.74, 6) is 1.58. The van der Waals surface area contributed by atoms with Crippen LogP contribution in [0.2, 0.25) is 0 Å². The maximum atomic E-state index is 5.65. The molecule has 1 aliphatic heterocycles. The number of nitrogens with zero attached hydrogens (tertiary/aromatic N) is 2. The fraction of sp³-hybridized carbons (Fsp3) is 0.308. The van der Waals surface area contributed by atoms with Crippen molar-refractivity contribution < 1.29 is 4.74 Å². The molecule has 3 rings (SSSR count). The van der Waals surface area contributed by atoms with Crippen molar-refractivity contribution in [3.8, 4) is 5.75 Å². The van der Waals surface area contributed by atoms with Gasteiger partial charge in [0.25, 0.3) is 0 Å². The van der Waals surface area contributed by atoms with Gasteiger partial charge in [-0.1, -0.05) is 18.2 Å². The highest BCUT2D eigenvalue weighted by Crippen LogP contribution is 2.34. The van der Waals surface area contributed by atoms with Crippen LogP contribution in [0.3, 0.4) is 0 Å². The lowest BCUT2D eigenvalue weighted by Crippen LogP contribution is -2.18. The van der Waals surface area contributed by atoms with Crippen molar-refractivity contribution in [1.82, 2.24) is 9.55 Å². The van der Waals surface area contributed by atoms with E-state index in [4.69, 9.17) is 4.74 Å². The van der Waals surface area contributed by atoms with Crippen LogP contribution in [0, 0.1) is 0 Å². The average molecular weight is 214 g/mol. The van der Waals surface area contributed by atoms with Gasteiger partial charge in [0.2, 0.25) is 0 Å². The Morgan fingerprint density at radius 3 is 3.19 bits per heavy atom. The SMILES string of the molecule is c1ccc2c(c1)OCCC2Cn1ccnc1. The molecule has 16 heavy (non-hydrogen) atoms. The summed E-state index contributed by atoms with van der Waals surface area (Å²) in [7, 11) is 0. The monoisotopic (exact) mass is 214 g/mol. The zero-order chi connectivity index (χ0) is 10.8. The highest BCUT2D eigenvalue weighted by atomic mass is 16.5. The van der Waals surface area contributed by atoms with Crippen LogP contribution in [0.5, 0.6) is 5.75 Å². The minimum atomic E-state index is 0.541. The number of hydrogen-bond donors (Lipinski definition) is 0. The minimum Gasteiger partial charge on any atom is -0.493 e. The number of para-hydroxylation sites is 1. The molecule has 0 spiro atoms. The van der Waals surface area contributed by atoms with E-state index in [9.17, 15) is 0 Å². The summed E-state index contributed by atoms with van der Waals surface area (Å²) in [6.45, 7) is 1.80. The second kappa shape index (κ2) is 4.00. The molecular weight excluding hydrogens is 200 g/mol. The molecule has 0 fully saturated rings. The van der Waals surface area contributed by atoms with Gasteiger partial charge >= 0.3 is 0 Å². The third-order valence-electron chi connectivity index (χ3n) is 3.07. The van der Waals surface area contributed by atoms with Crippen LogP contribution in [0.25, 0.3) is 0 Å². The van der Waals surface area contributed by atoms with Crippen molar-refractivity contribution in [2.24, 2.45) is 0 Å². The molecule has 0 saturated heterocycles. The lowest BCUT2D eigenvalue weighted by Gasteiger charge is -2.25. The van der Waals surface area contributed by atoms with Crippen LogP contribution in [0.15, 0.2) is 43.0 Å². The van der Waals surface area contributed by atoms with Crippen molar-refractivity contribution in [3.05, 3.63) is 48.5 Å². The van der Waals surface area contributed by atoms with Crippen molar-refractivity contribution >= 4 is 0 Å². The molecule has 0 saturated carbocycles. The Balaban J connectivity index is 1.87. The molecule has 3 heteroatoms. The Morgan fingerprint density at radius 2 is 2.31 bits per heavy atom. The quantitative estimate of drug-likeness (QED) is 0.767. The molecule has 82 valence electrons. The summed E-state index contributed by atoms with van der Waals surface area (Å²) in [4.78, 5) is 4.08. The lowest BCUT2D eigenvalue weighted by molar-refractivity contribution is 0.259. The molecule has 0 N–H and O–H groups in total. The van der Waals surface area contributed by atoms with E-state index in [0.717, 1.165) is 25.3 Å². The molecule has 1 unspecified atom stereocenters. The van der Waals surface area contributed by atoms with Crippen molar-refractivity contribution in [1.29, 1.82) is 0 Å². The first-order valence-corrected chi connectivity index (χ1v) is 5.61. The number of hydrogen-bond acceptors (Lipinski definition) is 2. The topological polar surface area (TPSA) is 27.1 Å². The molecule has 1 aromatic carbocycles. The molecule has 3 nitrogen and oxygen atoms in total. The van der Waals surface area contributed by atoms with E-state index in [1.165, 1.54) is 5.56 Å². The van der Waals surface area contributed by atoms with Gasteiger partial charge in [-0.05, 0) is 18.1 Å². The molecule has 0 radical (unpaired) electrons. The predicted octanol–water partition coefficient (Wildman–Crippen LogP) is 2.45. The second-order valence-corrected chi connectivity index (χ2v) is 4.13. The first kappa shape index (κ1) is 9.46. The number of imidazole rings is 1. The third-order valence-corrected chi connectivity index (χ3v) is 3.07. The minimum absolute atomic E-state index is 0.541. The predicted molar refractivity (Wildman–Crippen MR) is 61.5 cm³/mol. The smallest absolute Gasteiger partial charge is 0.122 e. The molecule has 0 amide bonds. The van der Waals surface area contributed by atoms with Gasteiger partial charge in [0, 0.05) is 24.9 Å². The third kappa shape index (κ3) is 1.69. The standard InChI is InChI=1S/C13H14N2O/c1-2-4-13-12(3-1)11(5-8-16-13)9-15-7-6-14-10-15/h1-4,6-7,10-11H,5,8-9H2. The van der Waals surface area contributed by atoms with Gasteiger partial charge in [0.05, 0.1) is 12.9 Å². The first-order valence-electron chi connectivity index (χ1n) is 5.61. The van der Waals surface area contributed by atoms with E-state index < -0.39 is 0 Å². The molecular formula is C13H14N2O. The maximum absolute atomic E-state index is 5.65. The summed E-state index contributed by atoms with van der Waals surface area (Å²) in [5, 5.41) is 0. The summed E-state index contributed by atoms with van der Waals surface area (Å²) in [5.41, 5.74) is 1.32. The van der Waals surface area contributed by atoms with Gasteiger partial charge in [0.15, 0.2) is 0 Å². The van der Waals surface area contributed by atoms with Gasteiger partial charge in [0.1, 0.15) is 5.75 Å². The fourth-order valence-corrected chi connectivity index (χ4v) is 2.25. The number of benzene rings is 1. The Labute approximate surface area is 94.7 Å². The van der Waals surface area contributed by atoms with Gasteiger partial charge in [-0.15, -0.1) is 0 Å². The molecule has 0 aliphatic carbocycles. The molecule has 1 atom stereocenters. The number of aromatic nitrogens is 2. The molecule has 1 aromatic heterocycles. The van der Waals surface area contributed by atoms with E-state index in [2.05, 4.69) is 27.8 Å². The van der Waals surface area contributed by atoms with E-state index in [0.29, 0.717) is 5.92 Å². The van der Waals surface area contributed by atoms with Crippen LogP contribution in [0.1, 0.15) is 17.9 Å². The molecule has 1 aliphatic rings. The highest BCUT2D eigenvalue weighted by molar-refractivity contribution is 5.37. The summed E-state index contributed by atoms with van der Waals surface area (Å²) >= 11 is 0. The second-order valence-electron chi connectivity index (χ2n) is 4.13. The van der Waals surface area contributed by atoms with Crippen LogP contribution >= 0.6 is 0 Å². The first-order chi connectivity index (χ1) is 7.93. The van der Waals surface area contributed by atoms with Crippen LogP contribution < -0.4 is 4.74 Å². The van der Waals surface area contributed by atoms with Crippen LogP contribution in [0.4, 0.5) is 0 Å². The maximum Gasteiger partial charge on any atom is 0.122 e. The number of rotatable bonds is 2. The zero-order valence-corrected chi connectivity index (χ0v) is 9.04. The van der Waals surface area contributed by atoms with E-state index in [1.54, 1.807) is 0 Å². The fourth-order valence-electron chi connectivity index (χ4n) is 2.25. The van der Waals surface area contributed by atoms with Crippen molar-refractivity contribution in [2.45, 2.75) is 18.9 Å². The normalized spacial score (nSPS) is 18.9. The molecule has 2 heterocycles. The van der Waals surface area contributed by atoms with Crippen LogP contribution in [-0.4, -0.2) is 16.2 Å². The summed E-state index contributed by atoms with van der Waals surface area (Å²) in [6.07, 6.45) is 6.79. The van der Waals surface area contributed by atoms with Crippen LogP contribution in [-0.2, 0) is 6.54 Å². The Morgan fingerprint density at radius 1 is 1.38 bits per heavy atom. The largest absolute Gasteiger partial charge is 0.493 e. The average Bonchev–Trinajstić information content (AvgIpc) is 2.82. The van der Waals surface area contributed by atoms with Crippen molar-refractivity contribution in [2.75, 3.05) is 6.61 Å². The Hall–Kier alpha value is -1.77. The van der Waals surface area contributed by atoms with Gasteiger partial charge in [-0.25, -0.2) is 4.98 Å². The highest BCUT2D eigenvalue weighted by Gasteiger charge is 2.20. The van der Waals surface area contributed by atoms with E-state index in [-0.39, 0.29) is 0 Å². The summed E-state index contributed by atoms with van der Waals surface area (Å²) < 4.78 is 7.78. The van der Waals surface area contributed by atoms with Gasteiger partial charge in [-0.2, -0.15) is 0 Å². The van der Waals surface area contributed by atoms with E-state index >= 15 is 0 Å². The Bertz CT molecular complexity index is 465. The number of fused-ring (bicyclic) bond motifs is 1. The lowest BCUT2D eigenvalue weighted by atomic mass is 9.93. The van der Waals surface area contributed by atoms with E-state index in [1.807, 2.05) is 24.8 Å². The number of ether oxygens (including phenoxy) is 1. The Kier molecular flexibility index (Phi) is 2.37. The van der Waals surface area contributed by atoms with Gasteiger partial charge in [-0.3, -0.25) is 0 Å². The van der Waals surface area contributed by atoms with Gasteiger partial charge < -0.3 is 9.30 Å². The zero-order valence-electron chi connectivity index (χ0n) is 9.04. The molecule has 2 aromatic rings. The summed E-state index contributed by atoms with van der Waals surface area (Å²) in [6, 6.07) is 8.32. The molecule has 0 bridgehead atoms. The van der Waals surface area contributed by atoms with Crippen molar-refractivity contribution in [3.63, 3.8) is 0 Å².